The van der Waals surface area contributed by atoms with Crippen LogP contribution in [0.5, 0.6) is 5.75 Å². The molecule has 0 saturated carbocycles. The highest BCUT2D eigenvalue weighted by Crippen LogP contribution is 2.35. The van der Waals surface area contributed by atoms with Crippen LogP contribution >= 0.6 is 31.9 Å². The minimum atomic E-state index is -0.764. The predicted molar refractivity (Wildman–Crippen MR) is 94.9 cm³/mol. The van der Waals surface area contributed by atoms with Gasteiger partial charge in [0.25, 0.3) is 0 Å². The van der Waals surface area contributed by atoms with Crippen LogP contribution in [0.25, 0.3) is 0 Å². The summed E-state index contributed by atoms with van der Waals surface area (Å²) in [5.74, 6) is 0.745. The summed E-state index contributed by atoms with van der Waals surface area (Å²) in [5.41, 5.74) is 0.427. The molecule has 0 unspecified atom stereocenters. The Labute approximate surface area is 144 Å². The number of nitrogens with one attached hydrogen (secondary N) is 1. The second-order valence-corrected chi connectivity index (χ2v) is 6.99. The van der Waals surface area contributed by atoms with Gasteiger partial charge in [-0.1, -0.05) is 20.8 Å². The molecule has 0 atom stereocenters. The first-order chi connectivity index (χ1) is 9.95. The Balaban J connectivity index is 2.75. The van der Waals surface area contributed by atoms with E-state index in [-0.39, 0.29) is 0 Å². The summed E-state index contributed by atoms with van der Waals surface area (Å²) < 4.78 is 7.64. The minimum Gasteiger partial charge on any atom is -0.488 e. The van der Waals surface area contributed by atoms with Gasteiger partial charge in [0.2, 0.25) is 0 Å². The molecule has 0 saturated heterocycles. The van der Waals surface area contributed by atoms with Crippen molar-refractivity contribution in [1.82, 2.24) is 5.32 Å². The summed E-state index contributed by atoms with van der Waals surface area (Å²) in [6.45, 7) is 8.23. The Morgan fingerprint density at radius 3 is 2.19 bits per heavy atom. The topological polar surface area (TPSA) is 41.5 Å². The van der Waals surface area contributed by atoms with Crippen molar-refractivity contribution in [2.45, 2.75) is 52.2 Å². The Morgan fingerprint density at radius 1 is 1.14 bits per heavy atom. The molecule has 2 N–H and O–H groups in total. The molecular weight excluding hydrogens is 398 g/mol. The molecule has 1 aromatic rings. The van der Waals surface area contributed by atoms with Gasteiger partial charge in [0, 0.05) is 6.54 Å². The Kier molecular flexibility index (Phi) is 8.24. The Hall–Kier alpha value is -0.100. The summed E-state index contributed by atoms with van der Waals surface area (Å²) in [6.07, 6.45) is 2.48. The molecule has 0 aliphatic rings. The fourth-order valence-electron chi connectivity index (χ4n) is 1.92. The predicted octanol–water partition coefficient (Wildman–Crippen LogP) is 4.64. The molecule has 0 fully saturated rings. The molecule has 1 rings (SSSR count). The van der Waals surface area contributed by atoms with Crippen LogP contribution in [0.1, 0.15) is 45.6 Å². The lowest BCUT2D eigenvalue weighted by molar-refractivity contribution is -0.0117. The molecule has 0 heterocycles. The van der Waals surface area contributed by atoms with E-state index in [1.807, 2.05) is 13.8 Å². The largest absolute Gasteiger partial charge is 0.488 e. The third-order valence-electron chi connectivity index (χ3n) is 3.62. The molecule has 0 radical (unpaired) electrons. The average Bonchev–Trinajstić information content (AvgIpc) is 2.46. The summed E-state index contributed by atoms with van der Waals surface area (Å²) >= 11 is 7.11. The maximum atomic E-state index is 10.3. The van der Waals surface area contributed by atoms with Crippen LogP contribution in [-0.2, 0) is 6.54 Å². The highest BCUT2D eigenvalue weighted by molar-refractivity contribution is 9.11. The van der Waals surface area contributed by atoms with Crippen LogP contribution in [0.15, 0.2) is 21.1 Å². The zero-order chi connectivity index (χ0) is 15.9. The second-order valence-electron chi connectivity index (χ2n) is 5.29. The van der Waals surface area contributed by atoms with E-state index in [0.717, 1.165) is 34.2 Å². The van der Waals surface area contributed by atoms with Crippen LogP contribution in [0.3, 0.4) is 0 Å². The van der Waals surface area contributed by atoms with Crippen molar-refractivity contribution < 1.29 is 9.84 Å². The molecular formula is C16H25Br2NO2. The van der Waals surface area contributed by atoms with Crippen LogP contribution in [0.2, 0.25) is 0 Å². The lowest BCUT2D eigenvalue weighted by atomic mass is 9.99. The number of ether oxygens (including phenoxy) is 1. The maximum Gasteiger partial charge on any atom is 0.147 e. The van der Waals surface area contributed by atoms with Gasteiger partial charge in [0.15, 0.2) is 0 Å². The van der Waals surface area contributed by atoms with E-state index in [1.165, 1.54) is 5.56 Å². The van der Waals surface area contributed by atoms with Gasteiger partial charge in [-0.2, -0.15) is 0 Å². The second kappa shape index (κ2) is 9.13. The fraction of sp³-hybridized carbons (Fsp3) is 0.625. The first kappa shape index (κ1) is 18.9. The number of benzene rings is 1. The van der Waals surface area contributed by atoms with E-state index in [4.69, 9.17) is 4.74 Å². The fourth-order valence-corrected chi connectivity index (χ4v) is 3.43. The Morgan fingerprint density at radius 2 is 1.71 bits per heavy atom. The lowest BCUT2D eigenvalue weighted by Gasteiger charge is -2.26. The van der Waals surface area contributed by atoms with Crippen molar-refractivity contribution in [1.29, 1.82) is 0 Å². The van der Waals surface area contributed by atoms with Crippen molar-refractivity contribution in [3.05, 3.63) is 26.6 Å². The molecule has 3 nitrogen and oxygen atoms in total. The summed E-state index contributed by atoms with van der Waals surface area (Å²) in [7, 11) is 0. The molecule has 5 heteroatoms. The standard InChI is InChI=1S/C16H25Br2NO2/c1-4-7-19-10-12-8-13(17)15(14(18)9-12)21-11-16(20,5-2)6-3/h8-9,19-20H,4-7,10-11H2,1-3H3. The molecule has 0 aliphatic heterocycles. The van der Waals surface area contributed by atoms with Crippen LogP contribution in [-0.4, -0.2) is 23.9 Å². The lowest BCUT2D eigenvalue weighted by Crippen LogP contribution is -2.34. The summed E-state index contributed by atoms with van der Waals surface area (Å²) in [6, 6.07) is 4.11. The highest BCUT2D eigenvalue weighted by Gasteiger charge is 2.24. The SMILES string of the molecule is CCCNCc1cc(Br)c(OCC(O)(CC)CC)c(Br)c1. The van der Waals surface area contributed by atoms with E-state index in [0.29, 0.717) is 19.4 Å². The van der Waals surface area contributed by atoms with Gasteiger partial charge in [0.05, 0.1) is 14.5 Å². The number of rotatable bonds is 9. The molecule has 120 valence electrons. The van der Waals surface area contributed by atoms with Crippen molar-refractivity contribution in [3.63, 3.8) is 0 Å². The van der Waals surface area contributed by atoms with E-state index < -0.39 is 5.60 Å². The monoisotopic (exact) mass is 421 g/mol. The van der Waals surface area contributed by atoms with Crippen molar-refractivity contribution in [2.24, 2.45) is 0 Å². The van der Waals surface area contributed by atoms with Gasteiger partial charge < -0.3 is 15.2 Å². The number of hydrogen-bond acceptors (Lipinski definition) is 3. The smallest absolute Gasteiger partial charge is 0.147 e. The highest BCUT2D eigenvalue weighted by atomic mass is 79.9. The normalized spacial score (nSPS) is 11.7. The molecule has 1 aromatic carbocycles. The van der Waals surface area contributed by atoms with Gasteiger partial charge in [0.1, 0.15) is 12.4 Å². The zero-order valence-electron chi connectivity index (χ0n) is 13.0. The number of hydrogen-bond donors (Lipinski definition) is 2. The maximum absolute atomic E-state index is 10.3. The van der Waals surface area contributed by atoms with E-state index in [1.54, 1.807) is 0 Å². The number of halogens is 2. The molecule has 0 spiro atoms. The third kappa shape index (κ3) is 5.89. The average molecular weight is 423 g/mol. The van der Waals surface area contributed by atoms with Gasteiger partial charge in [-0.25, -0.2) is 0 Å². The third-order valence-corrected chi connectivity index (χ3v) is 4.79. The van der Waals surface area contributed by atoms with Crippen molar-refractivity contribution in [2.75, 3.05) is 13.2 Å². The van der Waals surface area contributed by atoms with Crippen LogP contribution < -0.4 is 10.1 Å². The van der Waals surface area contributed by atoms with E-state index in [9.17, 15) is 5.11 Å². The van der Waals surface area contributed by atoms with Crippen molar-refractivity contribution in [3.8, 4) is 5.75 Å². The summed E-state index contributed by atoms with van der Waals surface area (Å²) in [4.78, 5) is 0. The first-order valence-electron chi connectivity index (χ1n) is 7.49. The number of aliphatic hydroxyl groups is 1. The molecule has 0 aliphatic carbocycles. The van der Waals surface area contributed by atoms with Crippen molar-refractivity contribution >= 4 is 31.9 Å². The molecule has 0 bridgehead atoms. The quantitative estimate of drug-likeness (QED) is 0.569. The van der Waals surface area contributed by atoms with Gasteiger partial charge >= 0.3 is 0 Å². The minimum absolute atomic E-state index is 0.296. The van der Waals surface area contributed by atoms with Gasteiger partial charge in [-0.05, 0) is 75.4 Å². The Bertz CT molecular complexity index is 425. The molecule has 0 amide bonds. The molecule has 0 aromatic heterocycles. The molecule has 21 heavy (non-hydrogen) atoms. The van der Waals surface area contributed by atoms with Gasteiger partial charge in [-0.15, -0.1) is 0 Å². The zero-order valence-corrected chi connectivity index (χ0v) is 16.2. The van der Waals surface area contributed by atoms with Crippen LogP contribution in [0.4, 0.5) is 0 Å². The van der Waals surface area contributed by atoms with Gasteiger partial charge in [-0.3, -0.25) is 0 Å². The van der Waals surface area contributed by atoms with Crippen LogP contribution in [0, 0.1) is 0 Å². The summed E-state index contributed by atoms with van der Waals surface area (Å²) in [5, 5.41) is 13.7. The first-order valence-corrected chi connectivity index (χ1v) is 9.08. The van der Waals surface area contributed by atoms with E-state index in [2.05, 4.69) is 56.2 Å². The van der Waals surface area contributed by atoms with E-state index >= 15 is 0 Å².